The van der Waals surface area contributed by atoms with Crippen molar-refractivity contribution in [3.8, 4) is 16.9 Å². The Balaban J connectivity index is 1.69. The molecule has 0 aliphatic heterocycles. The highest BCUT2D eigenvalue weighted by molar-refractivity contribution is 7.13. The monoisotopic (exact) mass is 438 g/mol. The molecule has 1 aliphatic carbocycles. The lowest BCUT2D eigenvalue weighted by Gasteiger charge is -2.24. The van der Waals surface area contributed by atoms with Gasteiger partial charge >= 0.3 is 12.3 Å². The Morgan fingerprint density at radius 3 is 2.60 bits per heavy atom. The number of rotatable bonds is 5. The van der Waals surface area contributed by atoms with E-state index in [0.29, 0.717) is 18.4 Å². The molecule has 0 bridgehead atoms. The molecule has 4 nitrogen and oxygen atoms in total. The van der Waals surface area contributed by atoms with E-state index < -0.39 is 36.2 Å². The Labute approximate surface area is 176 Å². The number of hydrogen-bond acceptors (Lipinski definition) is 4. The van der Waals surface area contributed by atoms with Crippen LogP contribution in [0.15, 0.2) is 42.5 Å². The molecule has 1 aromatic heterocycles. The molecular weight excluding hydrogens is 417 g/mol. The van der Waals surface area contributed by atoms with Crippen molar-refractivity contribution in [1.82, 2.24) is 0 Å². The maximum Gasteiger partial charge on any atom is 0.512 e. The predicted molar refractivity (Wildman–Crippen MR) is 106 cm³/mol. The number of carbonyl (C=O) groups is 1. The first-order valence-corrected chi connectivity index (χ1v) is 10.4. The molecule has 0 amide bonds. The summed E-state index contributed by atoms with van der Waals surface area (Å²) in [6.45, 7) is 0. The SMILES string of the molecule is O=C(O)Oc1ccc(CCC[C@H]2C(C(F)(F)F)C[C@@H](O)[C@@H]2C#Cc2ccccc2)s1. The van der Waals surface area contributed by atoms with E-state index in [9.17, 15) is 23.1 Å². The molecule has 1 fully saturated rings. The minimum absolute atomic E-state index is 0.230. The van der Waals surface area contributed by atoms with E-state index in [0.717, 1.165) is 16.2 Å². The van der Waals surface area contributed by atoms with Gasteiger partial charge in [0.15, 0.2) is 5.06 Å². The number of aryl methyl sites for hydroxylation is 1. The molecule has 160 valence electrons. The molecule has 1 unspecified atom stereocenters. The first-order chi connectivity index (χ1) is 14.2. The third kappa shape index (κ3) is 5.77. The van der Waals surface area contributed by atoms with Crippen LogP contribution in [0.1, 0.15) is 29.7 Å². The van der Waals surface area contributed by atoms with Crippen molar-refractivity contribution in [3.05, 3.63) is 52.9 Å². The van der Waals surface area contributed by atoms with Crippen molar-refractivity contribution in [3.63, 3.8) is 0 Å². The Kier molecular flexibility index (Phi) is 7.06. The highest BCUT2D eigenvalue weighted by Gasteiger charge is 2.53. The highest BCUT2D eigenvalue weighted by Crippen LogP contribution is 2.48. The average molecular weight is 438 g/mol. The van der Waals surface area contributed by atoms with Crippen LogP contribution < -0.4 is 4.74 Å². The summed E-state index contributed by atoms with van der Waals surface area (Å²) in [6.07, 6.45) is -6.00. The minimum atomic E-state index is -4.39. The number of carboxylic acid groups (broad SMARTS) is 1. The number of alkyl halides is 3. The van der Waals surface area contributed by atoms with Gasteiger partial charge in [0, 0.05) is 10.4 Å². The van der Waals surface area contributed by atoms with Crippen LogP contribution in [0.25, 0.3) is 0 Å². The lowest BCUT2D eigenvalue weighted by molar-refractivity contribution is -0.185. The summed E-state index contributed by atoms with van der Waals surface area (Å²) in [4.78, 5) is 11.4. The molecule has 1 heterocycles. The number of halogens is 3. The summed E-state index contributed by atoms with van der Waals surface area (Å²) >= 11 is 1.16. The topological polar surface area (TPSA) is 66.8 Å². The largest absolute Gasteiger partial charge is 0.512 e. The summed E-state index contributed by atoms with van der Waals surface area (Å²) in [5.74, 6) is 2.68. The first kappa shape index (κ1) is 22.2. The highest BCUT2D eigenvalue weighted by atomic mass is 32.1. The van der Waals surface area contributed by atoms with Crippen molar-refractivity contribution in [2.45, 2.75) is 38.0 Å². The molecule has 30 heavy (non-hydrogen) atoms. The summed E-state index contributed by atoms with van der Waals surface area (Å²) in [5.41, 5.74) is 0.698. The molecular formula is C22H21F3O4S. The first-order valence-electron chi connectivity index (χ1n) is 9.55. The van der Waals surface area contributed by atoms with Gasteiger partial charge in [-0.25, -0.2) is 4.79 Å². The molecule has 4 atom stereocenters. The molecule has 2 N–H and O–H groups in total. The van der Waals surface area contributed by atoms with Gasteiger partial charge in [0.25, 0.3) is 0 Å². The average Bonchev–Trinajstić information content (AvgIpc) is 3.24. The molecule has 2 aromatic rings. The Morgan fingerprint density at radius 2 is 1.93 bits per heavy atom. The normalized spacial score (nSPS) is 23.6. The zero-order valence-corrected chi connectivity index (χ0v) is 16.7. The quantitative estimate of drug-likeness (QED) is 0.488. The second-order valence-electron chi connectivity index (χ2n) is 7.26. The fraction of sp³-hybridized carbons (Fsp3) is 0.409. The Bertz CT molecular complexity index is 914. The fourth-order valence-corrected chi connectivity index (χ4v) is 4.80. The third-order valence-corrected chi connectivity index (χ3v) is 6.27. The molecule has 1 aliphatic rings. The molecule has 0 saturated heterocycles. The van der Waals surface area contributed by atoms with Gasteiger partial charge in [-0.3, -0.25) is 0 Å². The van der Waals surface area contributed by atoms with Gasteiger partial charge in [0.2, 0.25) is 0 Å². The van der Waals surface area contributed by atoms with Crippen molar-refractivity contribution < 1.29 is 32.9 Å². The summed E-state index contributed by atoms with van der Waals surface area (Å²) in [6, 6.07) is 12.2. The lowest BCUT2D eigenvalue weighted by atomic mass is 9.84. The van der Waals surface area contributed by atoms with Crippen LogP contribution in [0.3, 0.4) is 0 Å². The van der Waals surface area contributed by atoms with Crippen LogP contribution in [0.2, 0.25) is 0 Å². The van der Waals surface area contributed by atoms with Gasteiger partial charge in [-0.1, -0.05) is 30.0 Å². The molecule has 3 rings (SSSR count). The maximum atomic E-state index is 13.6. The fourth-order valence-electron chi connectivity index (χ4n) is 3.91. The van der Waals surface area contributed by atoms with Crippen molar-refractivity contribution in [2.75, 3.05) is 0 Å². The molecule has 1 aromatic carbocycles. The van der Waals surface area contributed by atoms with Crippen molar-refractivity contribution in [2.24, 2.45) is 17.8 Å². The van der Waals surface area contributed by atoms with Crippen LogP contribution in [0, 0.1) is 29.6 Å². The maximum absolute atomic E-state index is 13.6. The van der Waals surface area contributed by atoms with Gasteiger partial charge < -0.3 is 14.9 Å². The number of hydrogen-bond donors (Lipinski definition) is 2. The number of aliphatic hydroxyl groups excluding tert-OH is 1. The second-order valence-corrected chi connectivity index (χ2v) is 8.39. The van der Waals surface area contributed by atoms with E-state index >= 15 is 0 Å². The predicted octanol–water partition coefficient (Wildman–Crippen LogP) is 5.35. The van der Waals surface area contributed by atoms with Gasteiger partial charge in [0.1, 0.15) is 0 Å². The van der Waals surface area contributed by atoms with Crippen LogP contribution in [0.5, 0.6) is 5.06 Å². The van der Waals surface area contributed by atoms with E-state index in [1.807, 2.05) is 6.07 Å². The van der Waals surface area contributed by atoms with E-state index in [1.54, 1.807) is 30.3 Å². The van der Waals surface area contributed by atoms with Gasteiger partial charge in [-0.05, 0) is 55.9 Å². The van der Waals surface area contributed by atoms with Gasteiger partial charge in [0.05, 0.1) is 17.9 Å². The molecule has 8 heteroatoms. The standard InChI is InChI=1S/C22H21F3O4S/c23-22(24,25)18-13-19(26)17(11-9-14-5-2-1-3-6-14)16(18)8-4-7-15-10-12-20(30-15)29-21(27)28/h1-3,5-6,10,12,16-19,26H,4,7-8,13H2,(H,27,28)/t16-,17-,18?,19-/m1/s1. The van der Waals surface area contributed by atoms with Crippen molar-refractivity contribution in [1.29, 1.82) is 0 Å². The zero-order valence-electron chi connectivity index (χ0n) is 15.9. The summed E-state index contributed by atoms with van der Waals surface area (Å²) in [7, 11) is 0. The van der Waals surface area contributed by atoms with Crippen molar-refractivity contribution >= 4 is 17.5 Å². The van der Waals surface area contributed by atoms with Crippen LogP contribution >= 0.6 is 11.3 Å². The van der Waals surface area contributed by atoms with E-state index in [1.165, 1.54) is 6.07 Å². The molecule has 1 saturated carbocycles. The lowest BCUT2D eigenvalue weighted by Crippen LogP contribution is -2.28. The van der Waals surface area contributed by atoms with Crippen LogP contribution in [0.4, 0.5) is 18.0 Å². The number of ether oxygens (including phenoxy) is 1. The smallest absolute Gasteiger partial charge is 0.449 e. The minimum Gasteiger partial charge on any atom is -0.449 e. The number of aliphatic hydroxyl groups is 1. The summed E-state index contributed by atoms with van der Waals surface area (Å²) < 4.78 is 45.3. The zero-order chi connectivity index (χ0) is 21.7. The molecule has 0 spiro atoms. The number of benzene rings is 1. The second kappa shape index (κ2) is 9.54. The van der Waals surface area contributed by atoms with Gasteiger partial charge in [-0.2, -0.15) is 13.2 Å². The number of thiophene rings is 1. The van der Waals surface area contributed by atoms with Crippen LogP contribution in [-0.4, -0.2) is 28.6 Å². The molecule has 0 radical (unpaired) electrons. The third-order valence-electron chi connectivity index (χ3n) is 5.25. The van der Waals surface area contributed by atoms with E-state index in [-0.39, 0.29) is 17.9 Å². The van der Waals surface area contributed by atoms with Gasteiger partial charge in [-0.15, -0.1) is 11.3 Å². The van der Waals surface area contributed by atoms with Crippen LogP contribution in [-0.2, 0) is 6.42 Å². The Morgan fingerprint density at radius 1 is 1.20 bits per heavy atom. The van der Waals surface area contributed by atoms with E-state index in [4.69, 9.17) is 5.11 Å². The summed E-state index contributed by atoms with van der Waals surface area (Å²) in [5, 5.41) is 19.2. The van der Waals surface area contributed by atoms with E-state index in [2.05, 4.69) is 16.6 Å². The Hall–Kier alpha value is -2.50.